The minimum absolute atomic E-state index is 0.210. The summed E-state index contributed by atoms with van der Waals surface area (Å²) < 4.78 is 27.2. The van der Waals surface area contributed by atoms with Crippen molar-refractivity contribution in [3.8, 4) is 6.07 Å². The fourth-order valence-corrected chi connectivity index (χ4v) is 4.24. The van der Waals surface area contributed by atoms with Gasteiger partial charge in [-0.15, -0.1) is 11.3 Å². The van der Waals surface area contributed by atoms with Gasteiger partial charge in [-0.3, -0.25) is 0 Å². The molecule has 1 atom stereocenters. The van der Waals surface area contributed by atoms with Gasteiger partial charge >= 0.3 is 0 Å². The summed E-state index contributed by atoms with van der Waals surface area (Å²) in [4.78, 5) is 4.15. The molecule has 21 heavy (non-hydrogen) atoms. The van der Waals surface area contributed by atoms with Gasteiger partial charge in [0.05, 0.1) is 23.4 Å². The van der Waals surface area contributed by atoms with Crippen LogP contribution in [0.15, 0.2) is 35.8 Å². The van der Waals surface area contributed by atoms with E-state index in [0.717, 1.165) is 5.01 Å². The van der Waals surface area contributed by atoms with Gasteiger partial charge in [-0.2, -0.15) is 5.26 Å². The lowest BCUT2D eigenvalue weighted by Gasteiger charge is -2.15. The van der Waals surface area contributed by atoms with Crippen molar-refractivity contribution >= 4 is 21.4 Å². The van der Waals surface area contributed by atoms with Gasteiger partial charge in [-0.1, -0.05) is 25.1 Å². The molecular weight excluding hydrogens is 306 g/mol. The first-order chi connectivity index (χ1) is 10.1. The topological polar surface area (TPSA) is 82.9 Å². The summed E-state index contributed by atoms with van der Waals surface area (Å²) in [5.41, 5.74) is 0.881. The quantitative estimate of drug-likeness (QED) is 0.886. The first kappa shape index (κ1) is 15.6. The molecule has 1 heterocycles. The van der Waals surface area contributed by atoms with Gasteiger partial charge in [0.25, 0.3) is 0 Å². The molecule has 2 rings (SSSR count). The lowest BCUT2D eigenvalue weighted by molar-refractivity contribution is 0.548. The van der Waals surface area contributed by atoms with Gasteiger partial charge in [0, 0.05) is 11.6 Å². The third-order valence-electron chi connectivity index (χ3n) is 2.96. The summed E-state index contributed by atoms with van der Waals surface area (Å²) in [6.07, 6.45) is 2.27. The molecule has 0 spiro atoms. The van der Waals surface area contributed by atoms with Crippen molar-refractivity contribution in [1.82, 2.24) is 9.71 Å². The number of rotatable bonds is 6. The first-order valence-corrected chi connectivity index (χ1v) is 8.96. The summed E-state index contributed by atoms with van der Waals surface area (Å²) in [6, 6.07) is 8.39. The predicted molar refractivity (Wildman–Crippen MR) is 82.1 cm³/mol. The van der Waals surface area contributed by atoms with Gasteiger partial charge in [0.1, 0.15) is 5.01 Å². The zero-order valence-electron chi connectivity index (χ0n) is 11.5. The molecule has 1 N–H and O–H groups in total. The molecule has 1 aromatic heterocycles. The second kappa shape index (κ2) is 6.80. The number of thiazole rings is 1. The fraction of sp³-hybridized carbons (Fsp3) is 0.286. The van der Waals surface area contributed by atoms with Gasteiger partial charge in [-0.05, 0) is 18.1 Å². The zero-order chi connectivity index (χ0) is 15.3. The fourth-order valence-electron chi connectivity index (χ4n) is 1.93. The van der Waals surface area contributed by atoms with Crippen molar-refractivity contribution in [3.63, 3.8) is 0 Å². The van der Waals surface area contributed by atoms with E-state index in [9.17, 15) is 8.42 Å². The average molecular weight is 321 g/mol. The van der Waals surface area contributed by atoms with Gasteiger partial charge < -0.3 is 0 Å². The molecule has 0 radical (unpaired) electrons. The lowest BCUT2D eigenvalue weighted by Crippen LogP contribution is -2.29. The van der Waals surface area contributed by atoms with Crippen LogP contribution in [0.1, 0.15) is 35.5 Å². The van der Waals surface area contributed by atoms with Crippen LogP contribution in [0.4, 0.5) is 0 Å². The SMILES string of the molecule is CCC(NS(=O)(=O)Cc1ccccc1C#N)c1nccs1. The third kappa shape index (κ3) is 4.11. The molecule has 0 saturated carbocycles. The third-order valence-corrected chi connectivity index (χ3v) is 5.19. The summed E-state index contributed by atoms with van der Waals surface area (Å²) in [7, 11) is -3.54. The largest absolute Gasteiger partial charge is 0.248 e. The molecule has 7 heteroatoms. The molecule has 0 aliphatic heterocycles. The highest BCUT2D eigenvalue weighted by molar-refractivity contribution is 7.88. The molecule has 110 valence electrons. The number of sulfonamides is 1. The molecule has 2 aromatic rings. The van der Waals surface area contributed by atoms with Gasteiger partial charge in [0.2, 0.25) is 10.0 Å². The monoisotopic (exact) mass is 321 g/mol. The van der Waals surface area contributed by atoms with E-state index in [2.05, 4.69) is 9.71 Å². The predicted octanol–water partition coefficient (Wildman–Crippen LogP) is 2.59. The van der Waals surface area contributed by atoms with E-state index >= 15 is 0 Å². The van der Waals surface area contributed by atoms with Crippen molar-refractivity contribution in [3.05, 3.63) is 52.0 Å². The van der Waals surface area contributed by atoms with E-state index in [-0.39, 0.29) is 11.8 Å². The highest BCUT2D eigenvalue weighted by Gasteiger charge is 2.21. The van der Waals surface area contributed by atoms with Crippen LogP contribution in [0.25, 0.3) is 0 Å². The van der Waals surface area contributed by atoms with E-state index in [1.54, 1.807) is 30.5 Å². The molecule has 1 unspecified atom stereocenters. The van der Waals surface area contributed by atoms with Gasteiger partial charge in [-0.25, -0.2) is 18.1 Å². The van der Waals surface area contributed by atoms with Crippen LogP contribution in [0, 0.1) is 11.3 Å². The normalized spacial score (nSPS) is 12.8. The standard InChI is InChI=1S/C14H15N3O2S2/c1-2-13(14-16-7-8-20-14)17-21(18,19)10-12-6-4-3-5-11(12)9-15/h3-8,13,17H,2,10H2,1H3. The van der Waals surface area contributed by atoms with Crippen LogP contribution in [-0.4, -0.2) is 13.4 Å². The van der Waals surface area contributed by atoms with Crippen LogP contribution >= 0.6 is 11.3 Å². The number of benzene rings is 1. The van der Waals surface area contributed by atoms with Crippen LogP contribution in [0.2, 0.25) is 0 Å². The molecule has 0 amide bonds. The second-order valence-electron chi connectivity index (χ2n) is 4.48. The Labute approximate surface area is 128 Å². The lowest BCUT2D eigenvalue weighted by atomic mass is 10.1. The summed E-state index contributed by atoms with van der Waals surface area (Å²) >= 11 is 1.42. The van der Waals surface area contributed by atoms with Crippen molar-refractivity contribution in [2.24, 2.45) is 0 Å². The molecule has 0 bridgehead atoms. The van der Waals surface area contributed by atoms with Crippen LogP contribution in [-0.2, 0) is 15.8 Å². The number of nitrogens with one attached hydrogen (secondary N) is 1. The van der Waals surface area contributed by atoms with Crippen LogP contribution in [0.3, 0.4) is 0 Å². The molecule has 5 nitrogen and oxygen atoms in total. The highest BCUT2D eigenvalue weighted by atomic mass is 32.2. The van der Waals surface area contributed by atoms with Crippen molar-refractivity contribution in [2.75, 3.05) is 0 Å². The van der Waals surface area contributed by atoms with Crippen molar-refractivity contribution in [2.45, 2.75) is 25.1 Å². The minimum atomic E-state index is -3.54. The number of nitriles is 1. The Morgan fingerprint density at radius 1 is 1.43 bits per heavy atom. The number of hydrogen-bond donors (Lipinski definition) is 1. The maximum absolute atomic E-state index is 12.3. The Bertz CT molecular complexity index is 734. The maximum Gasteiger partial charge on any atom is 0.216 e. The van der Waals surface area contributed by atoms with Gasteiger partial charge in [0.15, 0.2) is 0 Å². The first-order valence-electron chi connectivity index (χ1n) is 6.43. The summed E-state index contributed by atoms with van der Waals surface area (Å²) in [5, 5.41) is 11.6. The molecule has 1 aromatic carbocycles. The van der Waals surface area contributed by atoms with E-state index in [1.165, 1.54) is 11.3 Å². The Kier molecular flexibility index (Phi) is 5.07. The zero-order valence-corrected chi connectivity index (χ0v) is 13.1. The van der Waals surface area contributed by atoms with Crippen molar-refractivity contribution in [1.29, 1.82) is 5.26 Å². The van der Waals surface area contributed by atoms with E-state index < -0.39 is 10.0 Å². The maximum atomic E-state index is 12.3. The Morgan fingerprint density at radius 2 is 2.19 bits per heavy atom. The smallest absolute Gasteiger partial charge is 0.216 e. The highest BCUT2D eigenvalue weighted by Crippen LogP contribution is 2.21. The summed E-state index contributed by atoms with van der Waals surface area (Å²) in [6.45, 7) is 1.90. The molecular formula is C14H15N3O2S2. The molecule has 0 saturated heterocycles. The molecule has 0 aliphatic carbocycles. The van der Waals surface area contributed by atoms with E-state index in [4.69, 9.17) is 5.26 Å². The number of nitrogens with zero attached hydrogens (tertiary/aromatic N) is 2. The molecule has 0 fully saturated rings. The Morgan fingerprint density at radius 3 is 2.81 bits per heavy atom. The average Bonchev–Trinajstić information content (AvgIpc) is 2.99. The van der Waals surface area contributed by atoms with Crippen LogP contribution in [0.5, 0.6) is 0 Å². The number of hydrogen-bond acceptors (Lipinski definition) is 5. The van der Waals surface area contributed by atoms with Crippen LogP contribution < -0.4 is 4.72 Å². The number of aromatic nitrogens is 1. The van der Waals surface area contributed by atoms with Crippen molar-refractivity contribution < 1.29 is 8.42 Å². The Hall–Kier alpha value is -1.75. The minimum Gasteiger partial charge on any atom is -0.248 e. The van der Waals surface area contributed by atoms with E-state index in [0.29, 0.717) is 17.5 Å². The Balaban J connectivity index is 2.17. The second-order valence-corrected chi connectivity index (χ2v) is 7.16. The molecule has 0 aliphatic rings. The van der Waals surface area contributed by atoms with E-state index in [1.807, 2.05) is 18.4 Å². The summed E-state index contributed by atoms with van der Waals surface area (Å²) in [5.74, 6) is -0.210.